The van der Waals surface area contributed by atoms with Gasteiger partial charge >= 0.3 is 0 Å². The lowest BCUT2D eigenvalue weighted by molar-refractivity contribution is 0.102. The summed E-state index contributed by atoms with van der Waals surface area (Å²) in [6.45, 7) is 1.91. The number of benzene rings is 2. The predicted molar refractivity (Wildman–Crippen MR) is 73.2 cm³/mol. The van der Waals surface area contributed by atoms with Crippen LogP contribution in [0.25, 0.3) is 0 Å². The summed E-state index contributed by atoms with van der Waals surface area (Å²) in [6.07, 6.45) is 0. The highest BCUT2D eigenvalue weighted by Gasteiger charge is 2.12. The molecule has 0 aliphatic carbocycles. The average molecular weight is 326 g/mol. The Morgan fingerprint density at radius 3 is 2.53 bits per heavy atom. The van der Waals surface area contributed by atoms with E-state index in [9.17, 15) is 13.6 Å². The van der Waals surface area contributed by atoms with E-state index in [1.165, 1.54) is 0 Å². The molecule has 0 saturated carbocycles. The SMILES string of the molecule is Cc1ccc(NC(=O)c2ccc(F)cc2F)cc1Br. The van der Waals surface area contributed by atoms with Crippen LogP contribution < -0.4 is 5.32 Å². The van der Waals surface area contributed by atoms with E-state index < -0.39 is 17.5 Å². The van der Waals surface area contributed by atoms with Crippen LogP contribution in [0.15, 0.2) is 40.9 Å². The van der Waals surface area contributed by atoms with Crippen LogP contribution in [0, 0.1) is 18.6 Å². The monoisotopic (exact) mass is 325 g/mol. The molecule has 2 nitrogen and oxygen atoms in total. The molecule has 0 radical (unpaired) electrons. The molecule has 5 heteroatoms. The van der Waals surface area contributed by atoms with E-state index in [0.717, 1.165) is 22.2 Å². The molecule has 0 atom stereocenters. The van der Waals surface area contributed by atoms with Gasteiger partial charge in [-0.05, 0) is 36.8 Å². The number of amides is 1. The zero-order valence-electron chi connectivity index (χ0n) is 10.0. The Morgan fingerprint density at radius 1 is 1.16 bits per heavy atom. The lowest BCUT2D eigenvalue weighted by Gasteiger charge is -2.07. The molecule has 1 amide bonds. The van der Waals surface area contributed by atoms with E-state index in [1.807, 2.05) is 13.0 Å². The van der Waals surface area contributed by atoms with Crippen molar-refractivity contribution in [2.45, 2.75) is 6.92 Å². The van der Waals surface area contributed by atoms with E-state index in [4.69, 9.17) is 0 Å². The molecule has 0 bridgehead atoms. The molecular formula is C14H10BrF2NO. The molecule has 2 aromatic rings. The molecule has 0 aliphatic heterocycles. The molecule has 2 aromatic carbocycles. The van der Waals surface area contributed by atoms with E-state index in [1.54, 1.807) is 12.1 Å². The molecule has 0 heterocycles. The fourth-order valence-corrected chi connectivity index (χ4v) is 1.92. The average Bonchev–Trinajstić information content (AvgIpc) is 2.33. The standard InChI is InChI=1S/C14H10BrF2NO/c1-8-2-4-10(7-12(8)15)18-14(19)11-5-3-9(16)6-13(11)17/h2-7H,1H3,(H,18,19). The Hall–Kier alpha value is -1.75. The summed E-state index contributed by atoms with van der Waals surface area (Å²) in [4.78, 5) is 11.9. The van der Waals surface area contributed by atoms with Crippen molar-refractivity contribution in [1.82, 2.24) is 0 Å². The fourth-order valence-electron chi connectivity index (χ4n) is 1.54. The minimum absolute atomic E-state index is 0.196. The Kier molecular flexibility index (Phi) is 3.95. The summed E-state index contributed by atoms with van der Waals surface area (Å²) in [5, 5.41) is 2.56. The minimum atomic E-state index is -0.885. The summed E-state index contributed by atoms with van der Waals surface area (Å²) in [5.41, 5.74) is 1.36. The highest BCUT2D eigenvalue weighted by atomic mass is 79.9. The largest absolute Gasteiger partial charge is 0.322 e. The zero-order valence-corrected chi connectivity index (χ0v) is 11.6. The van der Waals surface area contributed by atoms with Crippen molar-refractivity contribution in [3.63, 3.8) is 0 Å². The molecule has 0 fully saturated rings. The van der Waals surface area contributed by atoms with Gasteiger partial charge in [0.1, 0.15) is 11.6 Å². The summed E-state index contributed by atoms with van der Waals surface area (Å²) in [6, 6.07) is 8.08. The topological polar surface area (TPSA) is 29.1 Å². The van der Waals surface area contributed by atoms with E-state index >= 15 is 0 Å². The maximum Gasteiger partial charge on any atom is 0.258 e. The Labute approximate surface area is 117 Å². The van der Waals surface area contributed by atoms with Crippen molar-refractivity contribution in [2.75, 3.05) is 5.32 Å². The summed E-state index contributed by atoms with van der Waals surface area (Å²) in [7, 11) is 0. The lowest BCUT2D eigenvalue weighted by Crippen LogP contribution is -2.14. The maximum atomic E-state index is 13.4. The second kappa shape index (κ2) is 5.48. The number of rotatable bonds is 2. The number of halogens is 3. The van der Waals surface area contributed by atoms with Crippen LogP contribution >= 0.6 is 15.9 Å². The number of aryl methyl sites for hydroxylation is 1. The van der Waals surface area contributed by atoms with Gasteiger partial charge in [0, 0.05) is 16.2 Å². The van der Waals surface area contributed by atoms with Crippen molar-refractivity contribution in [3.8, 4) is 0 Å². The highest BCUT2D eigenvalue weighted by molar-refractivity contribution is 9.10. The third kappa shape index (κ3) is 3.17. The van der Waals surface area contributed by atoms with E-state index in [0.29, 0.717) is 11.8 Å². The first kappa shape index (κ1) is 13.7. The molecule has 0 unspecified atom stereocenters. The van der Waals surface area contributed by atoms with Crippen molar-refractivity contribution in [3.05, 3.63) is 63.6 Å². The van der Waals surface area contributed by atoms with Gasteiger partial charge in [-0.25, -0.2) is 8.78 Å². The molecule has 2 rings (SSSR count). The van der Waals surface area contributed by atoms with Crippen molar-refractivity contribution < 1.29 is 13.6 Å². The van der Waals surface area contributed by atoms with Gasteiger partial charge in [0.15, 0.2) is 0 Å². The number of hydrogen-bond acceptors (Lipinski definition) is 1. The van der Waals surface area contributed by atoms with Gasteiger partial charge in [-0.3, -0.25) is 4.79 Å². The lowest BCUT2D eigenvalue weighted by atomic mass is 10.1. The molecule has 0 aromatic heterocycles. The Balaban J connectivity index is 2.23. The number of hydrogen-bond donors (Lipinski definition) is 1. The first-order chi connectivity index (χ1) is 8.97. The van der Waals surface area contributed by atoms with E-state index in [2.05, 4.69) is 21.2 Å². The first-order valence-electron chi connectivity index (χ1n) is 5.50. The Bertz CT molecular complexity index is 643. The molecule has 1 N–H and O–H groups in total. The van der Waals surface area contributed by atoms with Crippen LogP contribution in [0.1, 0.15) is 15.9 Å². The van der Waals surface area contributed by atoms with Gasteiger partial charge in [0.05, 0.1) is 5.56 Å². The highest BCUT2D eigenvalue weighted by Crippen LogP contribution is 2.21. The van der Waals surface area contributed by atoms with Crippen molar-refractivity contribution >= 4 is 27.5 Å². The fraction of sp³-hybridized carbons (Fsp3) is 0.0714. The zero-order chi connectivity index (χ0) is 14.0. The molecule has 98 valence electrons. The van der Waals surface area contributed by atoms with Gasteiger partial charge in [0.2, 0.25) is 0 Å². The quantitative estimate of drug-likeness (QED) is 0.876. The summed E-state index contributed by atoms with van der Waals surface area (Å²) < 4.78 is 27.0. The van der Waals surface area contributed by atoms with Gasteiger partial charge in [-0.2, -0.15) is 0 Å². The van der Waals surface area contributed by atoms with Gasteiger partial charge < -0.3 is 5.32 Å². The van der Waals surface area contributed by atoms with Crippen molar-refractivity contribution in [2.24, 2.45) is 0 Å². The van der Waals surface area contributed by atoms with Crippen LogP contribution in [-0.2, 0) is 0 Å². The third-order valence-corrected chi connectivity index (χ3v) is 3.46. The van der Waals surface area contributed by atoms with E-state index in [-0.39, 0.29) is 5.56 Å². The van der Waals surface area contributed by atoms with Gasteiger partial charge in [0.25, 0.3) is 5.91 Å². The molecule has 0 saturated heterocycles. The second-order valence-corrected chi connectivity index (χ2v) is 4.90. The van der Waals surface area contributed by atoms with Crippen LogP contribution in [0.5, 0.6) is 0 Å². The molecule has 19 heavy (non-hydrogen) atoms. The minimum Gasteiger partial charge on any atom is -0.322 e. The normalized spacial score (nSPS) is 10.3. The van der Waals surface area contributed by atoms with Crippen molar-refractivity contribution in [1.29, 1.82) is 0 Å². The van der Waals surface area contributed by atoms with Crippen LogP contribution in [-0.4, -0.2) is 5.91 Å². The molecule has 0 aliphatic rings. The number of carbonyl (C=O) groups is 1. The smallest absolute Gasteiger partial charge is 0.258 e. The number of nitrogens with one attached hydrogen (secondary N) is 1. The number of anilines is 1. The summed E-state index contributed by atoms with van der Waals surface area (Å²) in [5.74, 6) is -2.22. The van der Waals surface area contributed by atoms with Gasteiger partial charge in [-0.1, -0.05) is 22.0 Å². The summed E-state index contributed by atoms with van der Waals surface area (Å²) >= 11 is 3.34. The van der Waals surface area contributed by atoms with Crippen LogP contribution in [0.4, 0.5) is 14.5 Å². The maximum absolute atomic E-state index is 13.4. The van der Waals surface area contributed by atoms with Crippen LogP contribution in [0.3, 0.4) is 0 Å². The second-order valence-electron chi connectivity index (χ2n) is 4.04. The van der Waals surface area contributed by atoms with Crippen LogP contribution in [0.2, 0.25) is 0 Å². The first-order valence-corrected chi connectivity index (χ1v) is 6.29. The number of carbonyl (C=O) groups excluding carboxylic acids is 1. The Morgan fingerprint density at radius 2 is 1.89 bits per heavy atom. The third-order valence-electron chi connectivity index (χ3n) is 2.61. The molecular weight excluding hydrogens is 316 g/mol. The predicted octanol–water partition coefficient (Wildman–Crippen LogP) is 4.29. The molecule has 0 spiro atoms. The van der Waals surface area contributed by atoms with Gasteiger partial charge in [-0.15, -0.1) is 0 Å².